The van der Waals surface area contributed by atoms with Gasteiger partial charge in [-0.1, -0.05) is 48.2 Å². The van der Waals surface area contributed by atoms with E-state index in [4.69, 9.17) is 12.2 Å². The van der Waals surface area contributed by atoms with E-state index in [1.807, 2.05) is 49.4 Å². The van der Waals surface area contributed by atoms with Crippen molar-refractivity contribution >= 4 is 51.7 Å². The molecular weight excluding hydrogens is 360 g/mol. The van der Waals surface area contributed by atoms with Gasteiger partial charge < -0.3 is 4.90 Å². The summed E-state index contributed by atoms with van der Waals surface area (Å²) in [6.45, 7) is 8.26. The zero-order valence-electron chi connectivity index (χ0n) is 15.2. The Morgan fingerprint density at radius 2 is 1.81 bits per heavy atom. The molecule has 0 atom stereocenters. The predicted molar refractivity (Wildman–Crippen MR) is 117 cm³/mol. The number of hydrogen-bond donors (Lipinski definition) is 0. The Bertz CT molecular complexity index is 855. The third-order valence-corrected chi connectivity index (χ3v) is 5.68. The monoisotopic (exact) mass is 382 g/mol. The zero-order chi connectivity index (χ0) is 18.7. The van der Waals surface area contributed by atoms with E-state index in [0.29, 0.717) is 9.23 Å². The fourth-order valence-electron chi connectivity index (χ4n) is 2.98. The van der Waals surface area contributed by atoms with Gasteiger partial charge in [0.05, 0.1) is 10.6 Å². The summed E-state index contributed by atoms with van der Waals surface area (Å²) in [5, 5.41) is 0. The number of thioether (sulfide) groups is 1. The van der Waals surface area contributed by atoms with Crippen LogP contribution in [0.4, 0.5) is 11.4 Å². The summed E-state index contributed by atoms with van der Waals surface area (Å²) in [5.41, 5.74) is 4.13. The largest absolute Gasteiger partial charge is 0.372 e. The molecule has 1 amide bonds. The molecule has 1 aliphatic heterocycles. The first-order valence-corrected chi connectivity index (χ1v) is 9.95. The number of carbonyl (C=O) groups excluding carboxylic acids is 1. The molecular formula is C21H22N2OS2. The lowest BCUT2D eigenvalue weighted by molar-refractivity contribution is -0.113. The molecule has 0 spiro atoms. The molecule has 1 heterocycles. The number of aryl methyl sites for hydroxylation is 1. The number of hydrogen-bond acceptors (Lipinski definition) is 4. The summed E-state index contributed by atoms with van der Waals surface area (Å²) in [7, 11) is 0. The molecule has 5 heteroatoms. The van der Waals surface area contributed by atoms with Crippen LogP contribution in [0.15, 0.2) is 53.4 Å². The van der Waals surface area contributed by atoms with Gasteiger partial charge in [0.15, 0.2) is 4.32 Å². The molecule has 1 saturated heterocycles. The van der Waals surface area contributed by atoms with Gasteiger partial charge in [0, 0.05) is 18.8 Å². The Balaban J connectivity index is 1.84. The van der Waals surface area contributed by atoms with E-state index in [9.17, 15) is 4.79 Å². The maximum Gasteiger partial charge on any atom is 0.270 e. The van der Waals surface area contributed by atoms with Gasteiger partial charge in [0.2, 0.25) is 0 Å². The number of rotatable bonds is 5. The van der Waals surface area contributed by atoms with Crippen molar-refractivity contribution in [2.24, 2.45) is 0 Å². The molecule has 3 nitrogen and oxygen atoms in total. The first-order valence-electron chi connectivity index (χ1n) is 8.73. The molecule has 0 radical (unpaired) electrons. The lowest BCUT2D eigenvalue weighted by atomic mass is 10.1. The van der Waals surface area contributed by atoms with Crippen molar-refractivity contribution in [2.75, 3.05) is 22.9 Å². The highest BCUT2D eigenvalue weighted by Crippen LogP contribution is 2.36. The van der Waals surface area contributed by atoms with E-state index >= 15 is 0 Å². The second kappa shape index (κ2) is 8.06. The van der Waals surface area contributed by atoms with E-state index in [0.717, 1.165) is 29.9 Å². The van der Waals surface area contributed by atoms with Crippen molar-refractivity contribution in [2.45, 2.75) is 20.8 Å². The average Bonchev–Trinajstić information content (AvgIpc) is 2.91. The number of thiocarbonyl (C=S) groups is 1. The molecule has 3 rings (SSSR count). The topological polar surface area (TPSA) is 23.6 Å². The Labute approximate surface area is 164 Å². The molecule has 0 saturated carbocycles. The lowest BCUT2D eigenvalue weighted by Gasteiger charge is -2.20. The summed E-state index contributed by atoms with van der Waals surface area (Å²) < 4.78 is 0.576. The van der Waals surface area contributed by atoms with Gasteiger partial charge in [-0.15, -0.1) is 0 Å². The third-order valence-electron chi connectivity index (χ3n) is 4.37. The van der Waals surface area contributed by atoms with Crippen molar-refractivity contribution in [3.8, 4) is 0 Å². The van der Waals surface area contributed by atoms with E-state index in [2.05, 4.69) is 30.9 Å². The Morgan fingerprint density at radius 1 is 1.12 bits per heavy atom. The van der Waals surface area contributed by atoms with Crippen LogP contribution in [0, 0.1) is 6.92 Å². The quantitative estimate of drug-likeness (QED) is 0.521. The van der Waals surface area contributed by atoms with Gasteiger partial charge in [0.25, 0.3) is 5.91 Å². The van der Waals surface area contributed by atoms with Crippen molar-refractivity contribution in [1.29, 1.82) is 0 Å². The normalized spacial score (nSPS) is 15.8. The molecule has 134 valence electrons. The van der Waals surface area contributed by atoms with Crippen LogP contribution in [0.3, 0.4) is 0 Å². The minimum absolute atomic E-state index is 0.0570. The maximum absolute atomic E-state index is 12.8. The van der Waals surface area contributed by atoms with Crippen LogP contribution in [-0.2, 0) is 4.79 Å². The molecule has 2 aromatic carbocycles. The fourth-order valence-corrected chi connectivity index (χ4v) is 4.28. The summed E-state index contributed by atoms with van der Waals surface area (Å²) in [6, 6.07) is 16.1. The lowest BCUT2D eigenvalue weighted by Crippen LogP contribution is -2.27. The predicted octanol–water partition coefficient (Wildman–Crippen LogP) is 5.25. The van der Waals surface area contributed by atoms with Gasteiger partial charge >= 0.3 is 0 Å². The molecule has 0 aromatic heterocycles. The minimum Gasteiger partial charge on any atom is -0.372 e. The summed E-state index contributed by atoms with van der Waals surface area (Å²) in [4.78, 5) is 17.4. The summed E-state index contributed by atoms with van der Waals surface area (Å²) >= 11 is 6.80. The summed E-state index contributed by atoms with van der Waals surface area (Å²) in [5.74, 6) is -0.0570. The molecule has 0 aliphatic carbocycles. The van der Waals surface area contributed by atoms with Crippen molar-refractivity contribution in [3.05, 3.63) is 64.6 Å². The van der Waals surface area contributed by atoms with Gasteiger partial charge in [-0.05, 0) is 62.2 Å². The summed E-state index contributed by atoms with van der Waals surface area (Å²) in [6.07, 6.45) is 1.92. The Morgan fingerprint density at radius 3 is 2.42 bits per heavy atom. The molecule has 2 aromatic rings. The van der Waals surface area contributed by atoms with E-state index in [-0.39, 0.29) is 5.91 Å². The molecule has 26 heavy (non-hydrogen) atoms. The van der Waals surface area contributed by atoms with E-state index in [1.54, 1.807) is 4.90 Å². The van der Waals surface area contributed by atoms with Crippen LogP contribution in [0.1, 0.15) is 25.0 Å². The first kappa shape index (κ1) is 18.7. The Kier molecular flexibility index (Phi) is 5.79. The van der Waals surface area contributed by atoms with Gasteiger partial charge in [-0.25, -0.2) is 0 Å². The van der Waals surface area contributed by atoms with Crippen LogP contribution in [-0.4, -0.2) is 23.3 Å². The first-order chi connectivity index (χ1) is 12.5. The van der Waals surface area contributed by atoms with Gasteiger partial charge in [-0.2, -0.15) is 0 Å². The smallest absolute Gasteiger partial charge is 0.270 e. The second-order valence-electron chi connectivity index (χ2n) is 6.12. The van der Waals surface area contributed by atoms with Crippen molar-refractivity contribution in [3.63, 3.8) is 0 Å². The highest BCUT2D eigenvalue weighted by atomic mass is 32.2. The molecule has 0 unspecified atom stereocenters. The highest BCUT2D eigenvalue weighted by molar-refractivity contribution is 8.27. The van der Waals surface area contributed by atoms with Gasteiger partial charge in [-0.3, -0.25) is 9.69 Å². The molecule has 0 bridgehead atoms. The van der Waals surface area contributed by atoms with E-state index < -0.39 is 0 Å². The van der Waals surface area contributed by atoms with Crippen LogP contribution in [0.25, 0.3) is 6.08 Å². The van der Waals surface area contributed by atoms with E-state index in [1.165, 1.54) is 17.4 Å². The number of amides is 1. The highest BCUT2D eigenvalue weighted by Gasteiger charge is 2.33. The molecule has 1 aliphatic rings. The number of benzene rings is 2. The van der Waals surface area contributed by atoms with Crippen molar-refractivity contribution in [1.82, 2.24) is 0 Å². The third kappa shape index (κ3) is 3.84. The zero-order valence-corrected chi connectivity index (χ0v) is 16.9. The van der Waals surface area contributed by atoms with Gasteiger partial charge in [0.1, 0.15) is 0 Å². The standard InChI is InChI=1S/C21H22N2OS2/c1-4-22(5-2)17-11-9-16(10-12-17)14-19-20(24)23(21(25)26-19)18-8-6-7-15(3)13-18/h6-14H,4-5H2,1-3H3. The van der Waals surface area contributed by atoms with Crippen LogP contribution in [0.2, 0.25) is 0 Å². The van der Waals surface area contributed by atoms with Crippen LogP contribution >= 0.6 is 24.0 Å². The average molecular weight is 383 g/mol. The second-order valence-corrected chi connectivity index (χ2v) is 7.80. The maximum atomic E-state index is 12.8. The SMILES string of the molecule is CCN(CC)c1ccc(C=C2SC(=S)N(c3cccc(C)c3)C2=O)cc1. The number of anilines is 2. The minimum atomic E-state index is -0.0570. The molecule has 0 N–H and O–H groups in total. The molecule has 1 fully saturated rings. The number of carbonyl (C=O) groups is 1. The Hall–Kier alpha value is -2.11. The number of nitrogens with zero attached hydrogens (tertiary/aromatic N) is 2. The van der Waals surface area contributed by atoms with Crippen molar-refractivity contribution < 1.29 is 4.79 Å². The fraction of sp³-hybridized carbons (Fsp3) is 0.238. The van der Waals surface area contributed by atoms with Crippen LogP contribution < -0.4 is 9.80 Å². The van der Waals surface area contributed by atoms with Crippen LogP contribution in [0.5, 0.6) is 0 Å².